The van der Waals surface area contributed by atoms with Crippen molar-refractivity contribution in [2.24, 2.45) is 0 Å². The molecule has 0 aromatic heterocycles. The van der Waals surface area contributed by atoms with Gasteiger partial charge in [0, 0.05) is 6.04 Å². The highest BCUT2D eigenvalue weighted by Crippen LogP contribution is 2.37. The van der Waals surface area contributed by atoms with Crippen LogP contribution in [0.1, 0.15) is 30.5 Å². The predicted octanol–water partition coefficient (Wildman–Crippen LogP) is 4.09. The maximum atomic E-state index is 13.0. The number of nitrogens with one attached hydrogen (secondary N) is 1. The molecule has 0 saturated carbocycles. The van der Waals surface area contributed by atoms with Crippen molar-refractivity contribution in [2.45, 2.75) is 25.8 Å². The lowest BCUT2D eigenvalue weighted by molar-refractivity contribution is 0.549. The summed E-state index contributed by atoms with van der Waals surface area (Å²) in [5.41, 5.74) is 5.18. The first kappa shape index (κ1) is 12.4. The molecule has 0 aliphatic heterocycles. The molecule has 3 rings (SSSR count). The van der Waals surface area contributed by atoms with Gasteiger partial charge in [0.1, 0.15) is 5.82 Å². The third kappa shape index (κ3) is 2.28. The summed E-state index contributed by atoms with van der Waals surface area (Å²) in [6.45, 7) is 3.13. The second kappa shape index (κ2) is 5.14. The van der Waals surface area contributed by atoms with Crippen molar-refractivity contribution in [2.75, 3.05) is 6.54 Å². The fraction of sp³-hybridized carbons (Fsp3) is 0.294. The zero-order chi connectivity index (χ0) is 13.2. The van der Waals surface area contributed by atoms with Crippen LogP contribution < -0.4 is 5.32 Å². The Morgan fingerprint density at radius 2 is 1.95 bits per heavy atom. The van der Waals surface area contributed by atoms with Crippen LogP contribution in [0.5, 0.6) is 0 Å². The quantitative estimate of drug-likeness (QED) is 0.871. The van der Waals surface area contributed by atoms with E-state index < -0.39 is 0 Å². The summed E-state index contributed by atoms with van der Waals surface area (Å²) in [6.07, 6.45) is 2.25. The number of fused-ring (bicyclic) bond motifs is 1. The molecule has 0 amide bonds. The Balaban J connectivity index is 2.02. The molecule has 2 heteroatoms. The predicted molar refractivity (Wildman–Crippen MR) is 76.6 cm³/mol. The highest BCUT2D eigenvalue weighted by atomic mass is 19.1. The van der Waals surface area contributed by atoms with Gasteiger partial charge in [-0.3, -0.25) is 0 Å². The molecule has 1 unspecified atom stereocenters. The molecule has 0 bridgehead atoms. The molecule has 1 N–H and O–H groups in total. The lowest BCUT2D eigenvalue weighted by Gasteiger charge is -2.13. The molecule has 0 heterocycles. The summed E-state index contributed by atoms with van der Waals surface area (Å²) in [7, 11) is 0. The van der Waals surface area contributed by atoms with Crippen molar-refractivity contribution in [3.63, 3.8) is 0 Å². The van der Waals surface area contributed by atoms with Crippen LogP contribution in [-0.4, -0.2) is 6.54 Å². The van der Waals surface area contributed by atoms with Crippen molar-refractivity contribution >= 4 is 0 Å². The fourth-order valence-corrected chi connectivity index (χ4v) is 3.01. The molecule has 1 atom stereocenters. The van der Waals surface area contributed by atoms with E-state index in [1.54, 1.807) is 0 Å². The Kier molecular flexibility index (Phi) is 3.34. The van der Waals surface area contributed by atoms with Crippen molar-refractivity contribution in [1.82, 2.24) is 5.32 Å². The molecular weight excluding hydrogens is 237 g/mol. The average molecular weight is 255 g/mol. The van der Waals surface area contributed by atoms with E-state index in [-0.39, 0.29) is 5.82 Å². The third-order valence-electron chi connectivity index (χ3n) is 3.88. The van der Waals surface area contributed by atoms with Crippen molar-refractivity contribution in [3.8, 4) is 11.1 Å². The van der Waals surface area contributed by atoms with Crippen LogP contribution in [0.25, 0.3) is 11.1 Å². The minimum atomic E-state index is -0.179. The maximum Gasteiger partial charge on any atom is 0.123 e. The molecule has 2 aromatic carbocycles. The number of halogens is 1. The van der Waals surface area contributed by atoms with Crippen LogP contribution in [0.3, 0.4) is 0 Å². The van der Waals surface area contributed by atoms with Gasteiger partial charge in [-0.2, -0.15) is 0 Å². The molecule has 0 radical (unpaired) electrons. The SMILES string of the molecule is CCNC1CCc2c(-c3ccc(F)cc3)cccc21. The summed E-state index contributed by atoms with van der Waals surface area (Å²) < 4.78 is 13.0. The summed E-state index contributed by atoms with van der Waals surface area (Å²) >= 11 is 0. The molecular formula is C17H18FN. The van der Waals surface area contributed by atoms with E-state index in [4.69, 9.17) is 0 Å². The van der Waals surface area contributed by atoms with Crippen LogP contribution in [0, 0.1) is 5.82 Å². The Labute approximate surface area is 113 Å². The Hall–Kier alpha value is -1.67. The molecule has 0 spiro atoms. The standard InChI is InChI=1S/C17H18FN/c1-2-19-17-11-10-15-14(4-3-5-16(15)17)12-6-8-13(18)9-7-12/h3-9,17,19H,2,10-11H2,1H3. The highest BCUT2D eigenvalue weighted by molar-refractivity contribution is 5.70. The zero-order valence-electron chi connectivity index (χ0n) is 11.1. The average Bonchev–Trinajstić information content (AvgIpc) is 2.84. The minimum Gasteiger partial charge on any atom is -0.310 e. The second-order valence-corrected chi connectivity index (χ2v) is 5.03. The van der Waals surface area contributed by atoms with E-state index in [2.05, 4.69) is 30.4 Å². The van der Waals surface area contributed by atoms with Gasteiger partial charge in [-0.25, -0.2) is 4.39 Å². The first-order valence-electron chi connectivity index (χ1n) is 6.90. The van der Waals surface area contributed by atoms with E-state index in [0.29, 0.717) is 6.04 Å². The van der Waals surface area contributed by atoms with Gasteiger partial charge in [-0.05, 0) is 53.8 Å². The van der Waals surface area contributed by atoms with E-state index >= 15 is 0 Å². The summed E-state index contributed by atoms with van der Waals surface area (Å²) in [5.74, 6) is -0.179. The van der Waals surface area contributed by atoms with Crippen LogP contribution >= 0.6 is 0 Å². The van der Waals surface area contributed by atoms with Crippen LogP contribution in [0.15, 0.2) is 42.5 Å². The third-order valence-corrected chi connectivity index (χ3v) is 3.88. The number of benzene rings is 2. The molecule has 98 valence electrons. The topological polar surface area (TPSA) is 12.0 Å². The lowest BCUT2D eigenvalue weighted by Crippen LogP contribution is -2.18. The van der Waals surface area contributed by atoms with Gasteiger partial charge < -0.3 is 5.32 Å². The van der Waals surface area contributed by atoms with E-state index in [1.807, 2.05) is 12.1 Å². The van der Waals surface area contributed by atoms with Gasteiger partial charge in [0.15, 0.2) is 0 Å². The largest absolute Gasteiger partial charge is 0.310 e. The van der Waals surface area contributed by atoms with Crippen LogP contribution in [-0.2, 0) is 6.42 Å². The molecule has 0 saturated heterocycles. The first-order valence-corrected chi connectivity index (χ1v) is 6.90. The number of hydrogen-bond donors (Lipinski definition) is 1. The Morgan fingerprint density at radius 3 is 2.68 bits per heavy atom. The van der Waals surface area contributed by atoms with Gasteiger partial charge >= 0.3 is 0 Å². The van der Waals surface area contributed by atoms with Gasteiger partial charge in [0.25, 0.3) is 0 Å². The molecule has 1 aliphatic rings. The highest BCUT2D eigenvalue weighted by Gasteiger charge is 2.23. The smallest absolute Gasteiger partial charge is 0.123 e. The van der Waals surface area contributed by atoms with Crippen molar-refractivity contribution in [3.05, 3.63) is 59.4 Å². The molecule has 1 nitrogen and oxygen atoms in total. The van der Waals surface area contributed by atoms with Crippen LogP contribution in [0.2, 0.25) is 0 Å². The molecule has 2 aromatic rings. The lowest BCUT2D eigenvalue weighted by atomic mass is 9.96. The molecule has 1 aliphatic carbocycles. The normalized spacial score (nSPS) is 17.5. The minimum absolute atomic E-state index is 0.179. The van der Waals surface area contributed by atoms with E-state index in [9.17, 15) is 4.39 Å². The summed E-state index contributed by atoms with van der Waals surface area (Å²) in [6, 6.07) is 13.7. The monoisotopic (exact) mass is 255 g/mol. The first-order chi connectivity index (χ1) is 9.29. The molecule has 19 heavy (non-hydrogen) atoms. The summed E-state index contributed by atoms with van der Waals surface area (Å²) in [5, 5.41) is 3.53. The van der Waals surface area contributed by atoms with Crippen molar-refractivity contribution in [1.29, 1.82) is 0 Å². The number of rotatable bonds is 3. The van der Waals surface area contributed by atoms with Crippen LogP contribution in [0.4, 0.5) is 4.39 Å². The Morgan fingerprint density at radius 1 is 1.16 bits per heavy atom. The van der Waals surface area contributed by atoms with E-state index in [0.717, 1.165) is 24.9 Å². The molecule has 0 fully saturated rings. The van der Waals surface area contributed by atoms with Crippen molar-refractivity contribution < 1.29 is 4.39 Å². The summed E-state index contributed by atoms with van der Waals surface area (Å²) in [4.78, 5) is 0. The van der Waals surface area contributed by atoms with Gasteiger partial charge in [-0.15, -0.1) is 0 Å². The van der Waals surface area contributed by atoms with E-state index in [1.165, 1.54) is 28.8 Å². The Bertz CT molecular complexity index is 574. The maximum absolute atomic E-state index is 13.0. The fourth-order valence-electron chi connectivity index (χ4n) is 3.01. The van der Waals surface area contributed by atoms with Gasteiger partial charge in [0.2, 0.25) is 0 Å². The van der Waals surface area contributed by atoms with Gasteiger partial charge in [0.05, 0.1) is 0 Å². The second-order valence-electron chi connectivity index (χ2n) is 5.03. The zero-order valence-corrected chi connectivity index (χ0v) is 11.1. The number of hydrogen-bond acceptors (Lipinski definition) is 1. The van der Waals surface area contributed by atoms with Gasteiger partial charge in [-0.1, -0.05) is 37.3 Å².